The van der Waals surface area contributed by atoms with Crippen LogP contribution >= 0.6 is 11.6 Å². The molecule has 0 radical (unpaired) electrons. The van der Waals surface area contributed by atoms with E-state index in [1.165, 1.54) is 0 Å². The summed E-state index contributed by atoms with van der Waals surface area (Å²) in [6.45, 7) is 3.00. The third-order valence-electron chi connectivity index (χ3n) is 6.37. The molecule has 0 spiro atoms. The topological polar surface area (TPSA) is 82.1 Å². The SMILES string of the molecule is CN(CC(=O)Nc1ccc(Oc2ccc(Cl)cc2)cc1)C1CCN(Cc2ccc(C(=O)O)cc2)CC1. The Balaban J connectivity index is 1.19. The number of likely N-dealkylation sites (N-methyl/N-ethyl adjacent to an activating group) is 1. The lowest BCUT2D eigenvalue weighted by molar-refractivity contribution is -0.117. The molecule has 1 heterocycles. The first-order valence-electron chi connectivity index (χ1n) is 11.9. The van der Waals surface area contributed by atoms with Crippen LogP contribution < -0.4 is 10.1 Å². The van der Waals surface area contributed by atoms with E-state index < -0.39 is 5.97 Å². The molecule has 36 heavy (non-hydrogen) atoms. The van der Waals surface area contributed by atoms with Gasteiger partial charge in [-0.25, -0.2) is 4.79 Å². The zero-order valence-electron chi connectivity index (χ0n) is 20.2. The predicted octanol–water partition coefficient (Wildman–Crippen LogP) is 5.37. The van der Waals surface area contributed by atoms with Gasteiger partial charge in [0.25, 0.3) is 0 Å². The Kier molecular flexibility index (Phi) is 8.59. The number of aromatic carboxylic acids is 1. The number of rotatable bonds is 9. The lowest BCUT2D eigenvalue weighted by Gasteiger charge is -2.36. The van der Waals surface area contributed by atoms with Crippen LogP contribution in [0, 0.1) is 0 Å². The van der Waals surface area contributed by atoms with Crippen molar-refractivity contribution in [3.8, 4) is 11.5 Å². The van der Waals surface area contributed by atoms with Gasteiger partial charge in [0, 0.05) is 23.3 Å². The number of carboxylic acid groups (broad SMARTS) is 1. The number of carboxylic acids is 1. The fraction of sp³-hybridized carbons (Fsp3) is 0.286. The first kappa shape index (κ1) is 25.7. The molecule has 8 heteroatoms. The molecule has 3 aromatic carbocycles. The largest absolute Gasteiger partial charge is 0.478 e. The van der Waals surface area contributed by atoms with Gasteiger partial charge in [-0.05, 0) is 99.2 Å². The maximum absolute atomic E-state index is 12.6. The van der Waals surface area contributed by atoms with Crippen molar-refractivity contribution in [3.63, 3.8) is 0 Å². The number of nitrogens with one attached hydrogen (secondary N) is 1. The standard InChI is InChI=1S/C28H30ClN3O4/c1-31(24-14-16-32(17-15-24)18-20-2-4-21(5-3-20)28(34)35)19-27(33)30-23-8-12-26(13-9-23)36-25-10-6-22(29)7-11-25/h2-13,24H,14-19H2,1H3,(H,30,33)(H,34,35). The predicted molar refractivity (Wildman–Crippen MR) is 141 cm³/mol. The van der Waals surface area contributed by atoms with Crippen LogP contribution in [0.15, 0.2) is 72.8 Å². The van der Waals surface area contributed by atoms with Crippen molar-refractivity contribution in [2.75, 3.05) is 32.0 Å². The molecular formula is C28H30ClN3O4. The van der Waals surface area contributed by atoms with Gasteiger partial charge >= 0.3 is 5.97 Å². The van der Waals surface area contributed by atoms with Gasteiger partial charge in [-0.2, -0.15) is 0 Å². The average Bonchev–Trinajstić information content (AvgIpc) is 2.87. The molecule has 0 aromatic heterocycles. The molecule has 0 atom stereocenters. The van der Waals surface area contributed by atoms with E-state index in [0.29, 0.717) is 34.7 Å². The van der Waals surface area contributed by atoms with Gasteiger partial charge in [-0.1, -0.05) is 23.7 Å². The summed E-state index contributed by atoms with van der Waals surface area (Å²) in [6, 6.07) is 21.8. The van der Waals surface area contributed by atoms with Crippen LogP contribution in [0.25, 0.3) is 0 Å². The highest BCUT2D eigenvalue weighted by Crippen LogP contribution is 2.24. The molecule has 0 bridgehead atoms. The summed E-state index contributed by atoms with van der Waals surface area (Å²) in [4.78, 5) is 28.1. The molecule has 1 fully saturated rings. The van der Waals surface area contributed by atoms with Crippen molar-refractivity contribution in [3.05, 3.63) is 88.9 Å². The minimum Gasteiger partial charge on any atom is -0.478 e. The highest BCUT2D eigenvalue weighted by molar-refractivity contribution is 6.30. The van der Waals surface area contributed by atoms with Gasteiger partial charge in [0.15, 0.2) is 0 Å². The third-order valence-corrected chi connectivity index (χ3v) is 6.62. The second-order valence-corrected chi connectivity index (χ2v) is 9.49. The van der Waals surface area contributed by atoms with E-state index in [9.17, 15) is 9.59 Å². The second kappa shape index (κ2) is 12.0. The maximum Gasteiger partial charge on any atom is 0.335 e. The number of ether oxygens (including phenoxy) is 1. The van der Waals surface area contributed by atoms with E-state index in [1.54, 1.807) is 36.4 Å². The van der Waals surface area contributed by atoms with Crippen LogP contribution in [0.3, 0.4) is 0 Å². The normalized spacial score (nSPS) is 14.5. The van der Waals surface area contributed by atoms with Crippen molar-refractivity contribution in [1.82, 2.24) is 9.80 Å². The van der Waals surface area contributed by atoms with E-state index in [0.717, 1.165) is 43.7 Å². The molecule has 4 rings (SSSR count). The number of halogens is 1. The average molecular weight is 508 g/mol. The van der Waals surface area contributed by atoms with Gasteiger partial charge in [0.05, 0.1) is 12.1 Å². The van der Waals surface area contributed by atoms with E-state index in [2.05, 4.69) is 15.1 Å². The highest BCUT2D eigenvalue weighted by atomic mass is 35.5. The number of carbonyl (C=O) groups is 2. The van der Waals surface area contributed by atoms with Gasteiger partial charge in [0.1, 0.15) is 11.5 Å². The summed E-state index contributed by atoms with van der Waals surface area (Å²) in [5.74, 6) is 0.413. The van der Waals surface area contributed by atoms with Gasteiger partial charge < -0.3 is 15.2 Å². The second-order valence-electron chi connectivity index (χ2n) is 9.05. The van der Waals surface area contributed by atoms with Crippen molar-refractivity contribution >= 4 is 29.2 Å². The maximum atomic E-state index is 12.6. The van der Waals surface area contributed by atoms with Crippen molar-refractivity contribution in [2.24, 2.45) is 0 Å². The number of hydrogen-bond donors (Lipinski definition) is 2. The third kappa shape index (κ3) is 7.31. The lowest BCUT2D eigenvalue weighted by atomic mass is 10.0. The summed E-state index contributed by atoms with van der Waals surface area (Å²) in [7, 11) is 1.99. The molecule has 188 valence electrons. The highest BCUT2D eigenvalue weighted by Gasteiger charge is 2.23. The molecule has 0 unspecified atom stereocenters. The Bertz CT molecular complexity index is 1160. The minimum atomic E-state index is -0.908. The number of likely N-dealkylation sites (tertiary alicyclic amines) is 1. The number of amides is 1. The van der Waals surface area contributed by atoms with Crippen LogP contribution in [0.5, 0.6) is 11.5 Å². The molecule has 7 nitrogen and oxygen atoms in total. The summed E-state index contributed by atoms with van der Waals surface area (Å²) in [5.41, 5.74) is 2.14. The van der Waals surface area contributed by atoms with Gasteiger partial charge in [-0.3, -0.25) is 14.6 Å². The number of benzene rings is 3. The smallest absolute Gasteiger partial charge is 0.335 e. The van der Waals surface area contributed by atoms with Gasteiger partial charge in [-0.15, -0.1) is 0 Å². The lowest BCUT2D eigenvalue weighted by Crippen LogP contribution is -2.45. The van der Waals surface area contributed by atoms with E-state index >= 15 is 0 Å². The first-order valence-corrected chi connectivity index (χ1v) is 12.3. The molecule has 1 aliphatic heterocycles. The Morgan fingerprint density at radius 3 is 2.14 bits per heavy atom. The monoisotopic (exact) mass is 507 g/mol. The van der Waals surface area contributed by atoms with E-state index in [4.69, 9.17) is 21.4 Å². The summed E-state index contributed by atoms with van der Waals surface area (Å²) >= 11 is 5.90. The summed E-state index contributed by atoms with van der Waals surface area (Å²) < 4.78 is 5.79. The molecule has 0 aliphatic carbocycles. The Labute approximate surface area is 216 Å². The molecule has 2 N–H and O–H groups in total. The van der Waals surface area contributed by atoms with Crippen molar-refractivity contribution < 1.29 is 19.4 Å². The first-order chi connectivity index (χ1) is 17.4. The Morgan fingerprint density at radius 2 is 1.56 bits per heavy atom. The van der Waals surface area contributed by atoms with Crippen LogP contribution in [0.2, 0.25) is 5.02 Å². The van der Waals surface area contributed by atoms with Crippen LogP contribution in [-0.2, 0) is 11.3 Å². The summed E-state index contributed by atoms with van der Waals surface area (Å²) in [6.07, 6.45) is 1.96. The van der Waals surface area contributed by atoms with E-state index in [1.807, 2.05) is 43.4 Å². The molecule has 3 aromatic rings. The van der Waals surface area contributed by atoms with Crippen LogP contribution in [0.4, 0.5) is 5.69 Å². The molecule has 1 amide bonds. The Morgan fingerprint density at radius 1 is 0.972 bits per heavy atom. The minimum absolute atomic E-state index is 0.0511. The van der Waals surface area contributed by atoms with Gasteiger partial charge in [0.2, 0.25) is 5.91 Å². The molecule has 1 aliphatic rings. The quantitative estimate of drug-likeness (QED) is 0.405. The van der Waals surface area contributed by atoms with Crippen LogP contribution in [0.1, 0.15) is 28.8 Å². The fourth-order valence-electron chi connectivity index (χ4n) is 4.33. The molecule has 0 saturated carbocycles. The number of piperidine rings is 1. The number of hydrogen-bond acceptors (Lipinski definition) is 5. The number of nitrogens with zero attached hydrogens (tertiary/aromatic N) is 2. The zero-order valence-corrected chi connectivity index (χ0v) is 20.9. The molecular weight excluding hydrogens is 478 g/mol. The van der Waals surface area contributed by atoms with Crippen molar-refractivity contribution in [2.45, 2.75) is 25.4 Å². The number of carbonyl (C=O) groups excluding carboxylic acids is 1. The zero-order chi connectivity index (χ0) is 25.5. The summed E-state index contributed by atoms with van der Waals surface area (Å²) in [5, 5.41) is 12.7. The van der Waals surface area contributed by atoms with Crippen LogP contribution in [-0.4, -0.2) is 59.5 Å². The fourth-order valence-corrected chi connectivity index (χ4v) is 4.46. The Hall–Kier alpha value is -3.39. The van der Waals surface area contributed by atoms with E-state index in [-0.39, 0.29) is 5.91 Å². The number of anilines is 1. The molecule has 1 saturated heterocycles. The van der Waals surface area contributed by atoms with Crippen molar-refractivity contribution in [1.29, 1.82) is 0 Å².